The summed E-state index contributed by atoms with van der Waals surface area (Å²) in [5, 5.41) is 7.70. The highest BCUT2D eigenvalue weighted by molar-refractivity contribution is 7.27. The summed E-state index contributed by atoms with van der Waals surface area (Å²) in [7, 11) is 0. The molecule has 0 aliphatic carbocycles. The quantitative estimate of drug-likeness (QED) is 0.225. The van der Waals surface area contributed by atoms with Gasteiger partial charge >= 0.3 is 0 Å². The van der Waals surface area contributed by atoms with E-state index in [-0.39, 0.29) is 0 Å². The van der Waals surface area contributed by atoms with Crippen LogP contribution in [0.4, 0.5) is 0 Å². The predicted octanol–water partition coefficient (Wildman–Crippen LogP) is 9.64. The van der Waals surface area contributed by atoms with Crippen LogP contribution in [0.15, 0.2) is 128 Å². The lowest BCUT2D eigenvalue weighted by Crippen LogP contribution is -1.97. The minimum atomic E-state index is 0.932. The highest BCUT2D eigenvalue weighted by Crippen LogP contribution is 2.50. The van der Waals surface area contributed by atoms with E-state index in [9.17, 15) is 0 Å². The van der Waals surface area contributed by atoms with Crippen LogP contribution in [-0.4, -0.2) is 14.1 Å². The van der Waals surface area contributed by atoms with Gasteiger partial charge in [-0.2, -0.15) is 0 Å². The van der Waals surface area contributed by atoms with Crippen molar-refractivity contribution in [3.8, 4) is 11.5 Å². The van der Waals surface area contributed by atoms with Crippen molar-refractivity contribution in [1.29, 1.82) is 0 Å². The fourth-order valence-electron chi connectivity index (χ4n) is 6.45. The zero-order valence-corrected chi connectivity index (χ0v) is 21.7. The first kappa shape index (κ1) is 21.1. The van der Waals surface area contributed by atoms with E-state index >= 15 is 0 Å². The Kier molecular flexibility index (Phi) is 4.21. The number of thiophene rings is 1. The van der Waals surface area contributed by atoms with Gasteiger partial charge in [0.15, 0.2) is 0 Å². The number of nitrogens with zero attached hydrogens (tertiary/aromatic N) is 3. The van der Waals surface area contributed by atoms with Crippen LogP contribution < -0.4 is 0 Å². The van der Waals surface area contributed by atoms with Gasteiger partial charge < -0.3 is 4.57 Å². The Morgan fingerprint density at radius 2 is 1.08 bits per heavy atom. The van der Waals surface area contributed by atoms with Crippen molar-refractivity contribution in [1.82, 2.24) is 14.1 Å². The first-order valence-corrected chi connectivity index (χ1v) is 14.0. The molecule has 4 aromatic heterocycles. The summed E-state index contributed by atoms with van der Waals surface area (Å²) < 4.78 is 7.47. The highest BCUT2D eigenvalue weighted by Gasteiger charge is 2.26. The standard InChI is InChI=1S/C35H21N3S/c1-2-12-22(13-3-1)37-26-17-7-4-14-23(26)30-33(37)32-25-16-6-9-19-28(25)39-35(32)31-24-15-5-8-18-27(24)38(34(30)31)29-20-10-11-21-36-29/h1-21H. The Balaban J connectivity index is 1.70. The second-order valence-electron chi connectivity index (χ2n) is 9.98. The van der Waals surface area contributed by atoms with E-state index < -0.39 is 0 Å². The number of hydrogen-bond donors (Lipinski definition) is 0. The third kappa shape index (κ3) is 2.73. The van der Waals surface area contributed by atoms with Crippen LogP contribution in [0.3, 0.4) is 0 Å². The zero-order valence-electron chi connectivity index (χ0n) is 20.9. The van der Waals surface area contributed by atoms with Crippen molar-refractivity contribution >= 4 is 75.1 Å². The van der Waals surface area contributed by atoms with Crippen LogP contribution >= 0.6 is 11.3 Å². The summed E-state index contributed by atoms with van der Waals surface area (Å²) in [6.07, 6.45) is 1.89. The maximum absolute atomic E-state index is 4.86. The lowest BCUT2D eigenvalue weighted by molar-refractivity contribution is 1.08. The third-order valence-electron chi connectivity index (χ3n) is 7.94. The molecule has 5 aromatic carbocycles. The zero-order chi connectivity index (χ0) is 25.5. The van der Waals surface area contributed by atoms with E-state index in [4.69, 9.17) is 4.98 Å². The molecule has 0 saturated carbocycles. The SMILES string of the molecule is c1ccc(-n2c3ccccc3c3c4c(c5ccccc5n4-c4ccccn4)c4sc5ccccc5c4c32)cc1. The molecule has 0 radical (unpaired) electrons. The van der Waals surface area contributed by atoms with Crippen molar-refractivity contribution in [3.63, 3.8) is 0 Å². The fraction of sp³-hybridized carbons (Fsp3) is 0. The molecule has 0 aliphatic rings. The highest BCUT2D eigenvalue weighted by atomic mass is 32.1. The van der Waals surface area contributed by atoms with Gasteiger partial charge in [-0.25, -0.2) is 4.98 Å². The minimum Gasteiger partial charge on any atom is -0.308 e. The molecule has 0 atom stereocenters. The van der Waals surface area contributed by atoms with E-state index in [0.717, 1.165) is 5.82 Å². The van der Waals surface area contributed by atoms with Crippen LogP contribution in [0.2, 0.25) is 0 Å². The molecule has 4 heteroatoms. The second-order valence-corrected chi connectivity index (χ2v) is 11.0. The molecule has 9 rings (SSSR count). The van der Waals surface area contributed by atoms with Crippen LogP contribution in [0, 0.1) is 0 Å². The fourth-order valence-corrected chi connectivity index (χ4v) is 7.71. The Labute approximate surface area is 227 Å². The molecule has 3 nitrogen and oxygen atoms in total. The molecule has 0 unspecified atom stereocenters. The first-order chi connectivity index (χ1) is 19.4. The molecular weight excluding hydrogens is 494 g/mol. The van der Waals surface area contributed by atoms with Crippen LogP contribution in [0.1, 0.15) is 0 Å². The third-order valence-corrected chi connectivity index (χ3v) is 9.13. The Morgan fingerprint density at radius 1 is 0.487 bits per heavy atom. The van der Waals surface area contributed by atoms with Gasteiger partial charge in [0.05, 0.1) is 22.1 Å². The molecule has 0 bridgehead atoms. The lowest BCUT2D eigenvalue weighted by atomic mass is 10.0. The average molecular weight is 516 g/mol. The lowest BCUT2D eigenvalue weighted by Gasteiger charge is -2.11. The maximum atomic E-state index is 4.86. The number of para-hydroxylation sites is 3. The molecule has 0 aliphatic heterocycles. The van der Waals surface area contributed by atoms with Gasteiger partial charge in [0.1, 0.15) is 5.82 Å². The largest absolute Gasteiger partial charge is 0.308 e. The van der Waals surface area contributed by atoms with E-state index in [0.29, 0.717) is 0 Å². The van der Waals surface area contributed by atoms with Crippen LogP contribution in [-0.2, 0) is 0 Å². The molecule has 182 valence electrons. The van der Waals surface area contributed by atoms with Crippen molar-refractivity contribution < 1.29 is 0 Å². The number of rotatable bonds is 2. The van der Waals surface area contributed by atoms with E-state index in [2.05, 4.69) is 124 Å². The Bertz CT molecular complexity index is 2300. The summed E-state index contributed by atoms with van der Waals surface area (Å²) in [5.74, 6) is 0.932. The van der Waals surface area contributed by atoms with Gasteiger partial charge in [0.2, 0.25) is 0 Å². The molecule has 0 fully saturated rings. The Morgan fingerprint density at radius 3 is 1.85 bits per heavy atom. The molecule has 39 heavy (non-hydrogen) atoms. The van der Waals surface area contributed by atoms with E-state index in [1.165, 1.54) is 69.5 Å². The number of benzene rings is 5. The molecule has 0 amide bonds. The molecule has 4 heterocycles. The van der Waals surface area contributed by atoms with Gasteiger partial charge in [-0.15, -0.1) is 11.3 Å². The molecular formula is C35H21N3S. The monoisotopic (exact) mass is 515 g/mol. The summed E-state index contributed by atoms with van der Waals surface area (Å²) in [5.41, 5.74) is 6.02. The second kappa shape index (κ2) is 7.79. The van der Waals surface area contributed by atoms with Crippen molar-refractivity contribution in [2.24, 2.45) is 0 Å². The first-order valence-electron chi connectivity index (χ1n) is 13.2. The van der Waals surface area contributed by atoms with Crippen LogP contribution in [0.25, 0.3) is 75.3 Å². The maximum Gasteiger partial charge on any atom is 0.137 e. The smallest absolute Gasteiger partial charge is 0.137 e. The number of fused-ring (bicyclic) bond motifs is 12. The van der Waals surface area contributed by atoms with Crippen LogP contribution in [0.5, 0.6) is 0 Å². The van der Waals surface area contributed by atoms with Gasteiger partial charge in [-0.1, -0.05) is 78.9 Å². The van der Waals surface area contributed by atoms with E-state index in [1.807, 2.05) is 23.6 Å². The van der Waals surface area contributed by atoms with Gasteiger partial charge in [0, 0.05) is 53.6 Å². The predicted molar refractivity (Wildman–Crippen MR) is 166 cm³/mol. The van der Waals surface area contributed by atoms with Crippen molar-refractivity contribution in [2.75, 3.05) is 0 Å². The summed E-state index contributed by atoms with van der Waals surface area (Å²) >= 11 is 1.90. The van der Waals surface area contributed by atoms with Crippen molar-refractivity contribution in [2.45, 2.75) is 0 Å². The Hall–Kier alpha value is -4.93. The average Bonchev–Trinajstić information content (AvgIpc) is 3.66. The van der Waals surface area contributed by atoms with Gasteiger partial charge in [-0.05, 0) is 42.5 Å². The van der Waals surface area contributed by atoms with Gasteiger partial charge in [-0.3, -0.25) is 4.57 Å². The van der Waals surface area contributed by atoms with Gasteiger partial charge in [0.25, 0.3) is 0 Å². The summed E-state index contributed by atoms with van der Waals surface area (Å²) in [6, 6.07) is 43.4. The molecule has 9 aromatic rings. The molecule has 0 saturated heterocycles. The summed E-state index contributed by atoms with van der Waals surface area (Å²) in [4.78, 5) is 4.86. The van der Waals surface area contributed by atoms with Crippen molar-refractivity contribution in [3.05, 3.63) is 128 Å². The number of aromatic nitrogens is 3. The molecule has 0 spiro atoms. The van der Waals surface area contributed by atoms with E-state index in [1.54, 1.807) is 0 Å². The summed E-state index contributed by atoms with van der Waals surface area (Å²) in [6.45, 7) is 0. The normalized spacial score (nSPS) is 12.1. The number of pyridine rings is 1. The number of hydrogen-bond acceptors (Lipinski definition) is 2. The minimum absolute atomic E-state index is 0.932. The topological polar surface area (TPSA) is 22.8 Å². The molecule has 0 N–H and O–H groups in total.